The molecule has 9 nitrogen and oxygen atoms in total. The molecule has 0 spiro atoms. The number of nitrogens with zero attached hydrogens (tertiary/aromatic N) is 4. The van der Waals surface area contributed by atoms with Crippen LogP contribution in [-0.4, -0.2) is 45.8 Å². The molecule has 0 unspecified atom stereocenters. The Morgan fingerprint density at radius 3 is 2.59 bits per heavy atom. The lowest BCUT2D eigenvalue weighted by Gasteiger charge is -2.10. The number of nitrogens with one attached hydrogen (secondary N) is 1. The zero-order chi connectivity index (χ0) is 29.3. The van der Waals surface area contributed by atoms with Crippen molar-refractivity contribution < 1.29 is 14.3 Å². The molecule has 1 N–H and O–H groups in total. The Labute approximate surface area is 246 Å². The van der Waals surface area contributed by atoms with E-state index in [0.717, 1.165) is 22.5 Å². The maximum atomic E-state index is 13.8. The number of rotatable bonds is 9. The Hall–Kier alpha value is -4.15. The minimum atomic E-state index is -0.255. The molecule has 5 rings (SSSR count). The predicted molar refractivity (Wildman–Crippen MR) is 161 cm³/mol. The first-order valence-corrected chi connectivity index (χ1v) is 14.3. The minimum absolute atomic E-state index is 0.0468. The van der Waals surface area contributed by atoms with Crippen LogP contribution in [0.1, 0.15) is 28.2 Å². The van der Waals surface area contributed by atoms with E-state index < -0.39 is 0 Å². The van der Waals surface area contributed by atoms with E-state index in [4.69, 9.17) is 26.2 Å². The van der Waals surface area contributed by atoms with Crippen LogP contribution < -0.4 is 20.3 Å². The van der Waals surface area contributed by atoms with Crippen molar-refractivity contribution in [2.45, 2.75) is 33.6 Å². The highest BCUT2D eigenvalue weighted by molar-refractivity contribution is 7.15. The van der Waals surface area contributed by atoms with Gasteiger partial charge in [-0.15, -0.1) is 11.3 Å². The number of amides is 1. The van der Waals surface area contributed by atoms with E-state index in [1.54, 1.807) is 31.2 Å². The van der Waals surface area contributed by atoms with Crippen LogP contribution in [0, 0.1) is 20.8 Å². The van der Waals surface area contributed by atoms with Crippen molar-refractivity contribution in [2.24, 2.45) is 0 Å². The fourth-order valence-electron chi connectivity index (χ4n) is 4.78. The van der Waals surface area contributed by atoms with Crippen molar-refractivity contribution in [1.82, 2.24) is 24.5 Å². The Morgan fingerprint density at radius 2 is 1.83 bits per heavy atom. The van der Waals surface area contributed by atoms with Crippen LogP contribution in [0.15, 0.2) is 52.6 Å². The van der Waals surface area contributed by atoms with Gasteiger partial charge in [0.15, 0.2) is 16.5 Å². The van der Waals surface area contributed by atoms with Crippen molar-refractivity contribution in [3.8, 4) is 28.4 Å². The second-order valence-corrected chi connectivity index (χ2v) is 11.0. The van der Waals surface area contributed by atoms with E-state index in [2.05, 4.69) is 10.3 Å². The van der Waals surface area contributed by atoms with Gasteiger partial charge >= 0.3 is 0 Å². The third-order valence-corrected chi connectivity index (χ3v) is 8.00. The third kappa shape index (κ3) is 5.71. The normalized spacial score (nSPS) is 11.2. The number of hydrogen-bond donors (Lipinski definition) is 1. The predicted octanol–water partition coefficient (Wildman–Crippen LogP) is 5.11. The second kappa shape index (κ2) is 11.8. The lowest BCUT2D eigenvalue weighted by molar-refractivity contribution is -0.120. The van der Waals surface area contributed by atoms with Gasteiger partial charge < -0.3 is 14.8 Å². The second-order valence-electron chi connectivity index (χ2n) is 9.70. The van der Waals surface area contributed by atoms with Crippen molar-refractivity contribution in [3.63, 3.8) is 0 Å². The lowest BCUT2D eigenvalue weighted by Crippen LogP contribution is -2.29. The molecule has 5 aromatic rings. The van der Waals surface area contributed by atoms with Crippen molar-refractivity contribution in [3.05, 3.63) is 91.4 Å². The number of halogens is 1. The summed E-state index contributed by atoms with van der Waals surface area (Å²) in [4.78, 5) is 31.9. The molecule has 0 aliphatic carbocycles. The number of hydrogen-bond acceptors (Lipinski definition) is 7. The standard InChI is InChI=1S/C30H30ClN5O4S/c1-17-6-8-21(31)14-24(17)36-18(2)12-23(34-36)28-19(3)33-30-35(29(28)38)22(16-41-30)15-27(37)32-11-10-20-7-9-25(39-4)26(13-20)40-5/h6-9,12-14,16H,10-11,15H2,1-5H3,(H,32,37). The summed E-state index contributed by atoms with van der Waals surface area (Å²) in [5, 5.41) is 10.1. The van der Waals surface area contributed by atoms with Crippen molar-refractivity contribution in [1.29, 1.82) is 0 Å². The summed E-state index contributed by atoms with van der Waals surface area (Å²) in [6.07, 6.45) is 0.667. The van der Waals surface area contributed by atoms with Crippen LogP contribution in [0.4, 0.5) is 0 Å². The van der Waals surface area contributed by atoms with Crippen LogP contribution in [-0.2, 0) is 17.6 Å². The molecule has 0 aliphatic rings. The monoisotopic (exact) mass is 591 g/mol. The highest BCUT2D eigenvalue weighted by Crippen LogP contribution is 2.28. The summed E-state index contributed by atoms with van der Waals surface area (Å²) in [5.41, 5.74) is 5.53. The first-order chi connectivity index (χ1) is 19.7. The van der Waals surface area contributed by atoms with Gasteiger partial charge in [0, 0.05) is 28.3 Å². The molecule has 11 heteroatoms. The SMILES string of the molecule is COc1ccc(CCNC(=O)Cc2csc3nc(C)c(-c4cc(C)n(-c5cc(Cl)ccc5C)n4)c(=O)n23)cc1OC. The maximum absolute atomic E-state index is 13.8. The molecule has 41 heavy (non-hydrogen) atoms. The Morgan fingerprint density at radius 1 is 1.05 bits per heavy atom. The van der Waals surface area contributed by atoms with E-state index in [1.165, 1.54) is 15.7 Å². The van der Waals surface area contributed by atoms with Gasteiger partial charge in [-0.2, -0.15) is 5.10 Å². The summed E-state index contributed by atoms with van der Waals surface area (Å²) < 4.78 is 13.9. The number of aryl methyl sites for hydroxylation is 3. The van der Waals surface area contributed by atoms with Crippen LogP contribution in [0.5, 0.6) is 11.5 Å². The van der Waals surface area contributed by atoms with Crippen LogP contribution in [0.25, 0.3) is 21.9 Å². The molecule has 0 saturated carbocycles. The molecule has 1 amide bonds. The minimum Gasteiger partial charge on any atom is -0.493 e. The lowest BCUT2D eigenvalue weighted by atomic mass is 10.1. The number of benzene rings is 2. The zero-order valence-electron chi connectivity index (χ0n) is 23.4. The number of aromatic nitrogens is 4. The van der Waals surface area contributed by atoms with Gasteiger partial charge in [0.05, 0.1) is 37.6 Å². The van der Waals surface area contributed by atoms with Gasteiger partial charge in [0.25, 0.3) is 5.56 Å². The molecular weight excluding hydrogens is 562 g/mol. The number of methoxy groups -OCH3 is 2. The number of fused-ring (bicyclic) bond motifs is 1. The van der Waals surface area contributed by atoms with Gasteiger partial charge in [0.2, 0.25) is 5.91 Å². The zero-order valence-corrected chi connectivity index (χ0v) is 25.0. The van der Waals surface area contributed by atoms with Gasteiger partial charge in [-0.3, -0.25) is 14.0 Å². The van der Waals surface area contributed by atoms with Crippen molar-refractivity contribution >= 4 is 33.8 Å². The fraction of sp³-hybridized carbons (Fsp3) is 0.267. The number of thiazole rings is 1. The third-order valence-electron chi connectivity index (χ3n) is 6.89. The molecule has 212 valence electrons. The van der Waals surface area contributed by atoms with Gasteiger partial charge in [-0.05, 0) is 68.7 Å². The Bertz CT molecular complexity index is 1820. The average molecular weight is 592 g/mol. The van der Waals surface area contributed by atoms with Gasteiger partial charge in [-0.25, -0.2) is 9.67 Å². The van der Waals surface area contributed by atoms with Crippen LogP contribution in [0.2, 0.25) is 5.02 Å². The molecule has 0 bridgehead atoms. The highest BCUT2D eigenvalue weighted by Gasteiger charge is 2.20. The molecule has 0 fully saturated rings. The van der Waals surface area contributed by atoms with E-state index in [-0.39, 0.29) is 17.9 Å². The summed E-state index contributed by atoms with van der Waals surface area (Å²) >= 11 is 7.58. The van der Waals surface area contributed by atoms with E-state index in [1.807, 2.05) is 56.3 Å². The fourth-order valence-corrected chi connectivity index (χ4v) is 5.88. The van der Waals surface area contributed by atoms with E-state index in [9.17, 15) is 9.59 Å². The molecule has 0 saturated heterocycles. The number of carbonyl (C=O) groups excluding carboxylic acids is 1. The van der Waals surface area contributed by atoms with Gasteiger partial charge in [0.1, 0.15) is 5.69 Å². The van der Waals surface area contributed by atoms with E-state index in [0.29, 0.717) is 57.1 Å². The van der Waals surface area contributed by atoms with E-state index >= 15 is 0 Å². The average Bonchev–Trinajstić information content (AvgIpc) is 3.52. The molecular formula is C30H30ClN5O4S. The summed E-state index contributed by atoms with van der Waals surface area (Å²) in [7, 11) is 3.18. The molecule has 3 heterocycles. The summed E-state index contributed by atoms with van der Waals surface area (Å²) in [5.74, 6) is 1.11. The topological polar surface area (TPSA) is 99.7 Å². The van der Waals surface area contributed by atoms with Crippen molar-refractivity contribution in [2.75, 3.05) is 20.8 Å². The van der Waals surface area contributed by atoms with Crippen LogP contribution >= 0.6 is 22.9 Å². The molecule has 0 atom stereocenters. The molecule has 3 aromatic heterocycles. The smallest absolute Gasteiger partial charge is 0.268 e. The maximum Gasteiger partial charge on any atom is 0.268 e. The van der Waals surface area contributed by atoms with Gasteiger partial charge in [-0.1, -0.05) is 23.7 Å². The summed E-state index contributed by atoms with van der Waals surface area (Å²) in [6.45, 7) is 6.15. The van der Waals surface area contributed by atoms with Crippen LogP contribution in [0.3, 0.4) is 0 Å². The first-order valence-electron chi connectivity index (χ1n) is 13.0. The summed E-state index contributed by atoms with van der Waals surface area (Å²) in [6, 6.07) is 13.2. The first kappa shape index (κ1) is 28.4. The molecule has 0 aliphatic heterocycles. The Kier molecular flexibility index (Phi) is 8.14. The Balaban J connectivity index is 1.37. The number of carbonyl (C=O) groups is 1. The highest BCUT2D eigenvalue weighted by atomic mass is 35.5. The largest absolute Gasteiger partial charge is 0.493 e. The number of ether oxygens (including phenoxy) is 2. The molecule has 0 radical (unpaired) electrons. The molecule has 2 aromatic carbocycles. The quantitative estimate of drug-likeness (QED) is 0.256.